The summed E-state index contributed by atoms with van der Waals surface area (Å²) in [5, 5.41) is 9.63. The molecule has 1 aromatic heterocycles. The molecule has 2 heterocycles. The Morgan fingerprint density at radius 1 is 1.03 bits per heavy atom. The zero-order valence-corrected chi connectivity index (χ0v) is 22.4. The molecule has 0 spiro atoms. The fourth-order valence-electron chi connectivity index (χ4n) is 4.34. The van der Waals surface area contributed by atoms with E-state index in [4.69, 9.17) is 19.7 Å². The topological polar surface area (TPSA) is 146 Å². The lowest BCUT2D eigenvalue weighted by Crippen LogP contribution is -2.34. The number of unbranched alkanes of at least 4 members (excludes halogenated alkanes) is 13. The standard InChI is InChI=1S/C25H42N3O7P/c1-2-3-4-5-6-7-8-9-10-11-12-13-14-15-18-33-23-22(35-36(31)32)20(19-29)34-24(23)28-17-16-21(26)27-25(28)30/h16-17,23-24,29H,2-15,18-19H2,1H3,(H2-,26,27,30,31,32)/p+1/t23?,24-/m1/s1. The third-order valence-electron chi connectivity index (χ3n) is 6.30. The number of aromatic nitrogens is 2. The SMILES string of the molecule is CCCCCCCCCCCCCCCCOC1C(O[P+](=O)O)=C(CO)O[C@H]1n1ccc(N)nc1=O. The zero-order chi connectivity index (χ0) is 26.2. The van der Waals surface area contributed by atoms with Crippen molar-refractivity contribution in [1.82, 2.24) is 9.55 Å². The van der Waals surface area contributed by atoms with E-state index in [0.717, 1.165) is 23.8 Å². The van der Waals surface area contributed by atoms with Gasteiger partial charge in [0, 0.05) is 17.4 Å². The van der Waals surface area contributed by atoms with Crippen LogP contribution in [0.1, 0.15) is 103 Å². The highest BCUT2D eigenvalue weighted by Crippen LogP contribution is 2.39. The Kier molecular flexibility index (Phi) is 14.7. The molecule has 4 N–H and O–H groups in total. The van der Waals surface area contributed by atoms with Crippen LogP contribution in [0.25, 0.3) is 0 Å². The lowest BCUT2D eigenvalue weighted by molar-refractivity contribution is -0.0555. The van der Waals surface area contributed by atoms with E-state index < -0.39 is 32.9 Å². The Labute approximate surface area is 214 Å². The van der Waals surface area contributed by atoms with Crippen LogP contribution in [0.15, 0.2) is 28.6 Å². The number of rotatable bonds is 20. The number of nitrogen functional groups attached to an aromatic ring is 1. The molecule has 0 bridgehead atoms. The van der Waals surface area contributed by atoms with Gasteiger partial charge in [0.25, 0.3) is 0 Å². The second kappa shape index (κ2) is 17.5. The van der Waals surface area contributed by atoms with Gasteiger partial charge >= 0.3 is 13.9 Å². The van der Waals surface area contributed by atoms with Crippen LogP contribution in [0.4, 0.5) is 5.82 Å². The van der Waals surface area contributed by atoms with Gasteiger partial charge in [0.2, 0.25) is 12.0 Å². The summed E-state index contributed by atoms with van der Waals surface area (Å²) in [4.78, 5) is 25.3. The number of nitrogens with two attached hydrogens (primary N) is 1. The minimum atomic E-state index is -3.01. The van der Waals surface area contributed by atoms with E-state index in [1.807, 2.05) is 0 Å². The van der Waals surface area contributed by atoms with Crippen LogP contribution in [-0.2, 0) is 18.6 Å². The van der Waals surface area contributed by atoms with Crippen molar-refractivity contribution in [2.24, 2.45) is 0 Å². The summed E-state index contributed by atoms with van der Waals surface area (Å²) in [5.74, 6) is -0.105. The lowest BCUT2D eigenvalue weighted by atomic mass is 10.0. The fraction of sp³-hybridized carbons (Fsp3) is 0.760. The van der Waals surface area contributed by atoms with Gasteiger partial charge in [-0.15, -0.1) is 4.89 Å². The van der Waals surface area contributed by atoms with Crippen molar-refractivity contribution in [2.45, 2.75) is 109 Å². The average molecular weight is 529 g/mol. The second-order valence-electron chi connectivity index (χ2n) is 9.21. The molecule has 1 aliphatic heterocycles. The highest BCUT2D eigenvalue weighted by Gasteiger charge is 2.45. The molecule has 2 rings (SSSR count). The van der Waals surface area contributed by atoms with E-state index in [2.05, 4.69) is 11.9 Å². The van der Waals surface area contributed by atoms with Gasteiger partial charge in [0.1, 0.15) is 12.4 Å². The minimum absolute atomic E-state index is 0.0550. The van der Waals surface area contributed by atoms with Gasteiger partial charge in [0.05, 0.1) is 0 Å². The van der Waals surface area contributed by atoms with Gasteiger partial charge < -0.3 is 20.3 Å². The van der Waals surface area contributed by atoms with Crippen LogP contribution in [0.3, 0.4) is 0 Å². The Balaban J connectivity index is 1.71. The molecule has 0 fully saturated rings. The summed E-state index contributed by atoms with van der Waals surface area (Å²) in [6.07, 6.45) is 16.7. The maximum absolute atomic E-state index is 12.3. The van der Waals surface area contributed by atoms with Crippen LogP contribution < -0.4 is 11.4 Å². The zero-order valence-electron chi connectivity index (χ0n) is 21.5. The smallest absolute Gasteiger partial charge is 0.465 e. The summed E-state index contributed by atoms with van der Waals surface area (Å²) in [6.45, 7) is 2.01. The predicted molar refractivity (Wildman–Crippen MR) is 138 cm³/mol. The Morgan fingerprint density at radius 3 is 2.08 bits per heavy atom. The number of aliphatic hydroxyl groups excluding tert-OH is 1. The number of nitrogens with zero attached hydrogens (tertiary/aromatic N) is 2. The fourth-order valence-corrected chi connectivity index (χ4v) is 4.72. The largest absolute Gasteiger partial charge is 0.747 e. The molecule has 3 atom stereocenters. The summed E-state index contributed by atoms with van der Waals surface area (Å²) in [5.41, 5.74) is 4.89. The Bertz CT molecular complexity index is 877. The molecule has 0 aliphatic carbocycles. The van der Waals surface area contributed by atoms with Crippen molar-refractivity contribution in [3.63, 3.8) is 0 Å². The molecule has 0 radical (unpaired) electrons. The highest BCUT2D eigenvalue weighted by molar-refractivity contribution is 7.32. The van der Waals surface area contributed by atoms with Crippen LogP contribution in [0.2, 0.25) is 0 Å². The van der Waals surface area contributed by atoms with Gasteiger partial charge in [-0.2, -0.15) is 4.98 Å². The first-order valence-corrected chi connectivity index (χ1v) is 14.4. The van der Waals surface area contributed by atoms with Gasteiger partial charge in [-0.05, 0) is 12.5 Å². The molecule has 0 saturated heterocycles. The number of anilines is 1. The van der Waals surface area contributed by atoms with Crippen molar-refractivity contribution in [3.8, 4) is 0 Å². The number of hydrogen-bond acceptors (Lipinski definition) is 8. The van der Waals surface area contributed by atoms with Crippen molar-refractivity contribution < 1.29 is 28.6 Å². The van der Waals surface area contributed by atoms with Gasteiger partial charge in [-0.25, -0.2) is 9.32 Å². The van der Waals surface area contributed by atoms with E-state index in [0.29, 0.717) is 6.61 Å². The maximum Gasteiger partial charge on any atom is 0.747 e. The summed E-state index contributed by atoms with van der Waals surface area (Å²) in [6, 6.07) is 1.43. The van der Waals surface area contributed by atoms with E-state index in [1.54, 1.807) is 0 Å². The molecule has 1 aliphatic rings. The van der Waals surface area contributed by atoms with E-state index in [-0.39, 0.29) is 17.3 Å². The predicted octanol–water partition coefficient (Wildman–Crippen LogP) is 5.09. The molecule has 0 amide bonds. The van der Waals surface area contributed by atoms with Gasteiger partial charge in [0.15, 0.2) is 11.9 Å². The molecule has 2 unspecified atom stereocenters. The number of aliphatic hydroxyl groups is 1. The van der Waals surface area contributed by atoms with Gasteiger partial charge in [-0.3, -0.25) is 4.57 Å². The molecule has 1 aromatic rings. The first kappa shape index (κ1) is 30.2. The number of hydrogen-bond donors (Lipinski definition) is 3. The molecule has 204 valence electrons. The van der Waals surface area contributed by atoms with E-state index in [9.17, 15) is 19.4 Å². The normalized spacial score (nSPS) is 17.9. The number of ether oxygens (including phenoxy) is 2. The molecule has 0 saturated carbocycles. The summed E-state index contributed by atoms with van der Waals surface area (Å²) < 4.78 is 29.0. The summed E-state index contributed by atoms with van der Waals surface area (Å²) >= 11 is 0. The molecular weight excluding hydrogens is 485 g/mol. The van der Waals surface area contributed by atoms with Crippen molar-refractivity contribution in [1.29, 1.82) is 0 Å². The van der Waals surface area contributed by atoms with E-state index >= 15 is 0 Å². The average Bonchev–Trinajstić information content (AvgIpc) is 3.17. The molecule has 0 aromatic carbocycles. The monoisotopic (exact) mass is 528 g/mol. The van der Waals surface area contributed by atoms with Gasteiger partial charge in [-0.1, -0.05) is 90.4 Å². The molecule has 36 heavy (non-hydrogen) atoms. The lowest BCUT2D eigenvalue weighted by Gasteiger charge is -2.21. The first-order valence-electron chi connectivity index (χ1n) is 13.3. The van der Waals surface area contributed by atoms with Crippen LogP contribution in [0, 0.1) is 0 Å². The van der Waals surface area contributed by atoms with Crippen LogP contribution in [0.5, 0.6) is 0 Å². The third kappa shape index (κ3) is 10.5. The second-order valence-corrected chi connectivity index (χ2v) is 9.87. The Hall–Kier alpha value is -2.00. The van der Waals surface area contributed by atoms with Crippen LogP contribution >= 0.6 is 8.25 Å². The highest BCUT2D eigenvalue weighted by atomic mass is 31.1. The van der Waals surface area contributed by atoms with E-state index in [1.165, 1.54) is 82.9 Å². The van der Waals surface area contributed by atoms with Crippen molar-refractivity contribution >= 4 is 14.1 Å². The van der Waals surface area contributed by atoms with Crippen molar-refractivity contribution in [2.75, 3.05) is 18.9 Å². The third-order valence-corrected chi connectivity index (χ3v) is 6.65. The first-order chi connectivity index (χ1) is 17.5. The molecule has 11 heteroatoms. The quantitative estimate of drug-likeness (QED) is 0.155. The summed E-state index contributed by atoms with van der Waals surface area (Å²) in [7, 11) is -3.01. The Morgan fingerprint density at radius 2 is 1.58 bits per heavy atom. The van der Waals surface area contributed by atoms with Crippen molar-refractivity contribution in [3.05, 3.63) is 34.3 Å². The maximum atomic E-state index is 12.3. The van der Waals surface area contributed by atoms with Crippen LogP contribution in [-0.4, -0.2) is 38.9 Å². The molecular formula is C25H43N3O7P+. The molecule has 10 nitrogen and oxygen atoms in total. The minimum Gasteiger partial charge on any atom is -0.465 e.